The Kier molecular flexibility index (Phi) is 7.10. The Labute approximate surface area is 171 Å². The molecular formula is C23H26ClNO3. The zero-order chi connectivity index (χ0) is 19.8. The highest BCUT2D eigenvalue weighted by atomic mass is 35.5. The lowest BCUT2D eigenvalue weighted by Gasteiger charge is -2.27. The molecule has 0 saturated heterocycles. The van der Waals surface area contributed by atoms with Crippen LogP contribution in [0.4, 0.5) is 0 Å². The predicted molar refractivity (Wildman–Crippen MR) is 110 cm³/mol. The number of halogens is 1. The van der Waals surface area contributed by atoms with Gasteiger partial charge in [-0.25, -0.2) is 0 Å². The van der Waals surface area contributed by atoms with Crippen molar-refractivity contribution in [2.75, 3.05) is 13.2 Å². The highest BCUT2D eigenvalue weighted by Crippen LogP contribution is 2.42. The summed E-state index contributed by atoms with van der Waals surface area (Å²) in [5.41, 5.74) is 1.51. The first-order valence-corrected chi connectivity index (χ1v) is 10.2. The standard InChI is InChI=1S/C23H26ClNO3/c24-20-12-10-19(11-13-20)23(14-4-5-15-23)22(27)28-17-21(26)25-16-6-9-18-7-2-1-3-8-18/h1-3,7-8,10-13H,4-6,9,14-17H2,(H,25,26). The van der Waals surface area contributed by atoms with E-state index in [1.54, 1.807) is 12.1 Å². The van der Waals surface area contributed by atoms with Crippen LogP contribution >= 0.6 is 11.6 Å². The van der Waals surface area contributed by atoms with Gasteiger partial charge in [0.15, 0.2) is 6.61 Å². The van der Waals surface area contributed by atoms with Gasteiger partial charge in [-0.1, -0.05) is 66.9 Å². The second-order valence-electron chi connectivity index (χ2n) is 7.31. The highest BCUT2D eigenvalue weighted by Gasteiger charge is 2.44. The van der Waals surface area contributed by atoms with Gasteiger partial charge in [0.1, 0.15) is 0 Å². The molecule has 0 unspecified atom stereocenters. The Morgan fingerprint density at radius 3 is 2.36 bits per heavy atom. The Bertz CT molecular complexity index is 783. The maximum Gasteiger partial charge on any atom is 0.317 e. The van der Waals surface area contributed by atoms with Crippen LogP contribution in [0.1, 0.15) is 43.2 Å². The van der Waals surface area contributed by atoms with Gasteiger partial charge in [0.05, 0.1) is 5.41 Å². The first-order chi connectivity index (χ1) is 13.6. The van der Waals surface area contributed by atoms with Crippen molar-refractivity contribution in [3.05, 3.63) is 70.7 Å². The Balaban J connectivity index is 1.46. The van der Waals surface area contributed by atoms with Gasteiger partial charge < -0.3 is 10.1 Å². The van der Waals surface area contributed by atoms with Crippen molar-refractivity contribution in [2.24, 2.45) is 0 Å². The minimum Gasteiger partial charge on any atom is -0.455 e. The van der Waals surface area contributed by atoms with Gasteiger partial charge in [-0.05, 0) is 48.9 Å². The van der Waals surface area contributed by atoms with Crippen molar-refractivity contribution >= 4 is 23.5 Å². The number of ether oxygens (including phenoxy) is 1. The lowest BCUT2D eigenvalue weighted by Crippen LogP contribution is -2.38. The maximum absolute atomic E-state index is 12.8. The molecule has 0 aliphatic heterocycles. The highest BCUT2D eigenvalue weighted by molar-refractivity contribution is 6.30. The molecule has 0 spiro atoms. The molecule has 0 atom stereocenters. The summed E-state index contributed by atoms with van der Waals surface area (Å²) in [4.78, 5) is 24.9. The summed E-state index contributed by atoms with van der Waals surface area (Å²) >= 11 is 5.98. The monoisotopic (exact) mass is 399 g/mol. The van der Waals surface area contributed by atoms with Crippen LogP contribution in [0.15, 0.2) is 54.6 Å². The molecule has 28 heavy (non-hydrogen) atoms. The zero-order valence-electron chi connectivity index (χ0n) is 16.0. The van der Waals surface area contributed by atoms with E-state index in [2.05, 4.69) is 17.4 Å². The van der Waals surface area contributed by atoms with Gasteiger partial charge in [-0.2, -0.15) is 0 Å². The Morgan fingerprint density at radius 1 is 1.00 bits per heavy atom. The summed E-state index contributed by atoms with van der Waals surface area (Å²) in [7, 11) is 0. The summed E-state index contributed by atoms with van der Waals surface area (Å²) in [6.07, 6.45) is 5.18. The van der Waals surface area contributed by atoms with Crippen molar-refractivity contribution in [1.29, 1.82) is 0 Å². The first-order valence-electron chi connectivity index (χ1n) is 9.84. The van der Waals surface area contributed by atoms with E-state index in [0.717, 1.165) is 44.1 Å². The van der Waals surface area contributed by atoms with Crippen LogP contribution in [0.5, 0.6) is 0 Å². The molecule has 0 radical (unpaired) electrons. The second-order valence-corrected chi connectivity index (χ2v) is 7.75. The number of amides is 1. The third-order valence-electron chi connectivity index (χ3n) is 5.39. The molecule has 1 N–H and O–H groups in total. The van der Waals surface area contributed by atoms with Crippen LogP contribution in [-0.4, -0.2) is 25.0 Å². The van der Waals surface area contributed by atoms with Gasteiger partial charge in [-0.3, -0.25) is 9.59 Å². The summed E-state index contributed by atoms with van der Waals surface area (Å²) in [5.74, 6) is -0.572. The Morgan fingerprint density at radius 2 is 1.68 bits per heavy atom. The van der Waals surface area contributed by atoms with Crippen molar-refractivity contribution < 1.29 is 14.3 Å². The molecule has 0 bridgehead atoms. The molecule has 5 heteroatoms. The lowest BCUT2D eigenvalue weighted by atomic mass is 9.79. The molecule has 4 nitrogen and oxygen atoms in total. The van der Waals surface area contributed by atoms with Gasteiger partial charge in [0, 0.05) is 11.6 Å². The van der Waals surface area contributed by atoms with Crippen LogP contribution in [0.3, 0.4) is 0 Å². The van der Waals surface area contributed by atoms with Gasteiger partial charge >= 0.3 is 5.97 Å². The SMILES string of the molecule is O=C(COC(=O)C1(c2ccc(Cl)cc2)CCCC1)NCCCc1ccccc1. The molecule has 0 aromatic heterocycles. The quantitative estimate of drug-likeness (QED) is 0.527. The predicted octanol–water partition coefficient (Wildman–Crippen LogP) is 4.44. The van der Waals surface area contributed by atoms with E-state index in [1.807, 2.05) is 30.3 Å². The molecule has 1 fully saturated rings. The summed E-state index contributed by atoms with van der Waals surface area (Å²) in [6.45, 7) is 0.327. The number of aryl methyl sites for hydroxylation is 1. The molecule has 1 aliphatic carbocycles. The Hall–Kier alpha value is -2.33. The minimum atomic E-state index is -0.655. The molecule has 2 aromatic rings. The number of hydrogen-bond acceptors (Lipinski definition) is 3. The molecular weight excluding hydrogens is 374 g/mol. The van der Waals surface area contributed by atoms with Crippen molar-refractivity contribution in [1.82, 2.24) is 5.32 Å². The molecule has 1 aliphatic rings. The van der Waals surface area contributed by atoms with Crippen LogP contribution in [0, 0.1) is 0 Å². The molecule has 2 aromatic carbocycles. The van der Waals surface area contributed by atoms with Crippen molar-refractivity contribution in [3.8, 4) is 0 Å². The molecule has 0 heterocycles. The van der Waals surface area contributed by atoms with Crippen molar-refractivity contribution in [3.63, 3.8) is 0 Å². The molecule has 3 rings (SSSR count). The number of carbonyl (C=O) groups excluding carboxylic acids is 2. The van der Waals surface area contributed by atoms with Crippen LogP contribution in [-0.2, 0) is 26.2 Å². The van der Waals surface area contributed by atoms with Gasteiger partial charge in [0.25, 0.3) is 5.91 Å². The number of benzene rings is 2. The van der Waals surface area contributed by atoms with Gasteiger partial charge in [0.2, 0.25) is 0 Å². The maximum atomic E-state index is 12.8. The van der Waals surface area contributed by atoms with Crippen molar-refractivity contribution in [2.45, 2.75) is 43.9 Å². The van der Waals surface area contributed by atoms with Crippen LogP contribution in [0.2, 0.25) is 5.02 Å². The van der Waals surface area contributed by atoms with E-state index >= 15 is 0 Å². The third kappa shape index (κ3) is 5.14. The fraction of sp³-hybridized carbons (Fsp3) is 0.391. The number of carbonyl (C=O) groups is 2. The zero-order valence-corrected chi connectivity index (χ0v) is 16.7. The fourth-order valence-corrected chi connectivity index (χ4v) is 3.97. The third-order valence-corrected chi connectivity index (χ3v) is 5.64. The van der Waals surface area contributed by atoms with Crippen LogP contribution < -0.4 is 5.32 Å². The average molecular weight is 400 g/mol. The van der Waals surface area contributed by atoms with E-state index in [-0.39, 0.29) is 18.5 Å². The molecule has 1 saturated carbocycles. The van der Waals surface area contributed by atoms with E-state index < -0.39 is 5.41 Å². The topological polar surface area (TPSA) is 55.4 Å². The smallest absolute Gasteiger partial charge is 0.317 e. The van der Waals surface area contributed by atoms with E-state index in [0.29, 0.717) is 11.6 Å². The molecule has 1 amide bonds. The lowest BCUT2D eigenvalue weighted by molar-refractivity contribution is -0.154. The number of nitrogens with one attached hydrogen (secondary N) is 1. The summed E-state index contributed by atoms with van der Waals surface area (Å²) in [6, 6.07) is 17.5. The first kappa shape index (κ1) is 20.4. The fourth-order valence-electron chi connectivity index (χ4n) is 3.84. The minimum absolute atomic E-state index is 0.237. The number of rotatable bonds is 8. The molecule has 148 valence electrons. The number of esters is 1. The van der Waals surface area contributed by atoms with Gasteiger partial charge in [-0.15, -0.1) is 0 Å². The number of hydrogen-bond donors (Lipinski definition) is 1. The summed E-state index contributed by atoms with van der Waals surface area (Å²) in [5, 5.41) is 3.46. The van der Waals surface area contributed by atoms with E-state index in [9.17, 15) is 9.59 Å². The second kappa shape index (κ2) is 9.74. The van der Waals surface area contributed by atoms with E-state index in [1.165, 1.54) is 5.56 Å². The summed E-state index contributed by atoms with van der Waals surface area (Å²) < 4.78 is 5.41. The van der Waals surface area contributed by atoms with E-state index in [4.69, 9.17) is 16.3 Å². The van der Waals surface area contributed by atoms with Crippen LogP contribution in [0.25, 0.3) is 0 Å². The average Bonchev–Trinajstić information content (AvgIpc) is 3.22. The normalized spacial score (nSPS) is 15.2. The largest absolute Gasteiger partial charge is 0.455 e.